The van der Waals surface area contributed by atoms with E-state index in [1.54, 1.807) is 20.2 Å². The van der Waals surface area contributed by atoms with E-state index < -0.39 is 0 Å². The van der Waals surface area contributed by atoms with Gasteiger partial charge in [0.05, 0.1) is 30.6 Å². The Morgan fingerprint density at radius 3 is 1.54 bits per heavy atom. The van der Waals surface area contributed by atoms with Crippen LogP contribution in [0.5, 0.6) is 0 Å². The molecule has 0 spiro atoms. The molecule has 1 saturated heterocycles. The molecular formula is C49H93FN4O3. The zero-order valence-electron chi connectivity index (χ0n) is 39.7. The number of nitriles is 1. The van der Waals surface area contributed by atoms with Crippen LogP contribution in [0.3, 0.4) is 0 Å². The second-order valence-electron chi connectivity index (χ2n) is 21.4. The molecule has 334 valence electrons. The lowest BCUT2D eigenvalue weighted by molar-refractivity contribution is -0.118. The first kappa shape index (κ1) is 53.2. The van der Waals surface area contributed by atoms with Crippen LogP contribution in [0.25, 0.3) is 0 Å². The maximum atomic E-state index is 12.2. The lowest BCUT2D eigenvalue weighted by Crippen LogP contribution is -2.27. The van der Waals surface area contributed by atoms with Crippen LogP contribution < -0.4 is 0 Å². The SMILES string of the molecule is CC(=O)CC1(CC(C)C)CC1.CC(C)CC1(CC#N)CC1.CC(C)CC1(CF)CC1.CC(C)CC1(n2ccnn2)CC1.CC(C)C[C@@H]1CCO1.COCCC(C)C.[HH]. The highest BCUT2D eigenvalue weighted by molar-refractivity contribution is 5.76. The molecule has 4 aliphatic carbocycles. The normalized spacial score (nSPS) is 20.5. The molecule has 1 aliphatic heterocycles. The summed E-state index contributed by atoms with van der Waals surface area (Å²) in [5, 5.41) is 16.4. The zero-order valence-corrected chi connectivity index (χ0v) is 39.7. The predicted octanol–water partition coefficient (Wildman–Crippen LogP) is 13.9. The van der Waals surface area contributed by atoms with Crippen molar-refractivity contribution >= 4 is 5.78 Å². The minimum atomic E-state index is -0.0921. The first-order valence-corrected chi connectivity index (χ1v) is 23.1. The van der Waals surface area contributed by atoms with E-state index in [9.17, 15) is 9.18 Å². The van der Waals surface area contributed by atoms with Gasteiger partial charge in [0.25, 0.3) is 0 Å². The van der Waals surface area contributed by atoms with E-state index in [2.05, 4.69) is 99.5 Å². The van der Waals surface area contributed by atoms with Crippen LogP contribution in [0.15, 0.2) is 12.4 Å². The Morgan fingerprint density at radius 2 is 1.30 bits per heavy atom. The molecule has 0 N–H and O–H groups in total. The molecule has 0 aromatic carbocycles. The van der Waals surface area contributed by atoms with Crippen molar-refractivity contribution in [2.75, 3.05) is 27.0 Å². The third-order valence-electron chi connectivity index (χ3n) is 11.7. The minimum Gasteiger partial charge on any atom is -0.385 e. The molecular weight excluding hydrogens is 712 g/mol. The van der Waals surface area contributed by atoms with E-state index in [0.717, 1.165) is 74.9 Å². The number of carbonyl (C=O) groups excluding carboxylic acids is 1. The number of ketones is 1. The van der Waals surface area contributed by atoms with Gasteiger partial charge in [-0.3, -0.25) is 4.39 Å². The van der Waals surface area contributed by atoms with Crippen molar-refractivity contribution in [3.8, 4) is 6.07 Å². The molecule has 5 fully saturated rings. The van der Waals surface area contributed by atoms with E-state index in [4.69, 9.17) is 14.7 Å². The number of nitrogens with zero attached hydrogens (tertiary/aromatic N) is 4. The van der Waals surface area contributed by atoms with E-state index in [1.807, 2.05) is 10.9 Å². The molecule has 0 radical (unpaired) electrons. The molecule has 1 aromatic rings. The van der Waals surface area contributed by atoms with Crippen LogP contribution in [0.1, 0.15) is 201 Å². The molecule has 1 atom stereocenters. The number of carbonyl (C=O) groups is 1. The minimum absolute atomic E-state index is 0. The van der Waals surface area contributed by atoms with Gasteiger partial charge in [0.2, 0.25) is 0 Å². The lowest BCUT2D eigenvalue weighted by atomic mass is 9.90. The fourth-order valence-electron chi connectivity index (χ4n) is 8.36. The Kier molecular flexibility index (Phi) is 24.6. The van der Waals surface area contributed by atoms with Gasteiger partial charge in [-0.15, -0.1) is 5.10 Å². The average Bonchev–Trinajstić information content (AvgIpc) is 4.00. The third kappa shape index (κ3) is 24.7. The molecule has 7 nitrogen and oxygen atoms in total. The highest BCUT2D eigenvalue weighted by Crippen LogP contribution is 2.54. The Bertz CT molecular complexity index is 1220. The van der Waals surface area contributed by atoms with Gasteiger partial charge in [0, 0.05) is 40.8 Å². The molecule has 1 aromatic heterocycles. The Morgan fingerprint density at radius 1 is 0.807 bits per heavy atom. The summed E-state index contributed by atoms with van der Waals surface area (Å²) in [6, 6.07) is 2.28. The molecule has 5 aliphatic rings. The number of ether oxygens (including phenoxy) is 2. The van der Waals surface area contributed by atoms with Gasteiger partial charge in [-0.25, -0.2) is 4.68 Å². The number of rotatable bonds is 18. The topological polar surface area (TPSA) is 90.0 Å². The van der Waals surface area contributed by atoms with Crippen LogP contribution in [-0.2, 0) is 19.8 Å². The van der Waals surface area contributed by atoms with Crippen molar-refractivity contribution in [2.24, 2.45) is 51.8 Å². The van der Waals surface area contributed by atoms with Gasteiger partial charge in [-0.2, -0.15) is 5.26 Å². The summed E-state index contributed by atoms with van der Waals surface area (Å²) >= 11 is 0. The standard InChI is InChI=1S/C10H18O.C9H15N3.C9H15N.C8H15F.C7H14O.C6H14O.H2/c1-8(2)6-10(4-5-10)7-9(3)11;1-8(2)7-9(3-4-9)12-6-5-10-11-12;1-8(2)7-9(3-4-9)5-6-10;1-7(2)5-8(6-9)3-4-8;1-6(2)5-7-3-4-8-7;1-6(2)4-5-7-3;/h8H,4-7H2,1-3H3;5-6,8H,3-4,7H2,1-2H3;8H,3-5,7H2,1-2H3;7H,3-6H2,1-2H3;6-7H,3-5H2,1-2H3;6H,4-5H2,1-3H3;1H/t;;;;7-;;/m....0../s1. The van der Waals surface area contributed by atoms with E-state index in [1.165, 1.54) is 77.0 Å². The van der Waals surface area contributed by atoms with Gasteiger partial charge in [0.15, 0.2) is 0 Å². The van der Waals surface area contributed by atoms with Gasteiger partial charge in [-0.05, 0) is 155 Å². The van der Waals surface area contributed by atoms with Crippen molar-refractivity contribution < 1.29 is 20.1 Å². The summed E-state index contributed by atoms with van der Waals surface area (Å²) in [6.07, 6.45) is 24.4. The number of alkyl halides is 1. The third-order valence-corrected chi connectivity index (χ3v) is 11.7. The maximum absolute atomic E-state index is 12.2. The number of Topliss-reactive ketones (excluding diaryl/α,β-unsaturated/α-hetero) is 1. The molecule has 0 unspecified atom stereocenters. The van der Waals surface area contributed by atoms with Crippen LogP contribution in [0.4, 0.5) is 4.39 Å². The molecule has 57 heavy (non-hydrogen) atoms. The summed E-state index contributed by atoms with van der Waals surface area (Å²) in [5.41, 5.74) is 1.39. The van der Waals surface area contributed by atoms with Crippen LogP contribution in [0.2, 0.25) is 0 Å². The number of methoxy groups -OCH3 is 1. The van der Waals surface area contributed by atoms with Gasteiger partial charge in [0.1, 0.15) is 5.78 Å². The molecule has 4 saturated carbocycles. The number of aromatic nitrogens is 3. The summed E-state index contributed by atoms with van der Waals surface area (Å²) in [4.78, 5) is 10.9. The molecule has 2 heterocycles. The summed E-state index contributed by atoms with van der Waals surface area (Å²) < 4.78 is 24.3. The van der Waals surface area contributed by atoms with Gasteiger partial charge >= 0.3 is 0 Å². The molecule has 0 bridgehead atoms. The summed E-state index contributed by atoms with van der Waals surface area (Å²) in [6.45, 7) is 30.2. The van der Waals surface area contributed by atoms with Gasteiger partial charge < -0.3 is 14.3 Å². The smallest absolute Gasteiger partial charge is 0.130 e. The van der Waals surface area contributed by atoms with Crippen LogP contribution in [-0.4, -0.2) is 53.9 Å². The van der Waals surface area contributed by atoms with E-state index in [-0.39, 0.29) is 13.5 Å². The fourth-order valence-corrected chi connectivity index (χ4v) is 8.36. The fraction of sp³-hybridized carbons (Fsp3) is 0.918. The predicted molar refractivity (Wildman–Crippen MR) is 239 cm³/mol. The zero-order chi connectivity index (χ0) is 43.3. The van der Waals surface area contributed by atoms with Crippen molar-refractivity contribution in [1.29, 1.82) is 5.26 Å². The average molecular weight is 805 g/mol. The van der Waals surface area contributed by atoms with Crippen LogP contribution in [0, 0.1) is 63.1 Å². The largest absolute Gasteiger partial charge is 0.385 e. The van der Waals surface area contributed by atoms with Crippen molar-refractivity contribution in [3.63, 3.8) is 0 Å². The van der Waals surface area contributed by atoms with E-state index in [0.29, 0.717) is 34.2 Å². The quantitative estimate of drug-likeness (QED) is 0.147. The highest BCUT2D eigenvalue weighted by atomic mass is 19.1. The highest BCUT2D eigenvalue weighted by Gasteiger charge is 2.46. The maximum Gasteiger partial charge on any atom is 0.130 e. The molecule has 0 amide bonds. The van der Waals surface area contributed by atoms with E-state index >= 15 is 0 Å². The first-order chi connectivity index (χ1) is 26.7. The monoisotopic (exact) mass is 805 g/mol. The summed E-state index contributed by atoms with van der Waals surface area (Å²) in [7, 11) is 1.74. The molecule has 6 rings (SSSR count). The van der Waals surface area contributed by atoms with Crippen molar-refractivity contribution in [2.45, 2.75) is 211 Å². The van der Waals surface area contributed by atoms with Crippen molar-refractivity contribution in [1.82, 2.24) is 15.0 Å². The second kappa shape index (κ2) is 26.4. The first-order valence-electron chi connectivity index (χ1n) is 23.1. The summed E-state index contributed by atoms with van der Waals surface area (Å²) in [5.74, 6) is 4.87. The second-order valence-corrected chi connectivity index (χ2v) is 21.4. The van der Waals surface area contributed by atoms with Gasteiger partial charge in [-0.1, -0.05) is 88.3 Å². The number of hydrogen-bond acceptors (Lipinski definition) is 6. The Labute approximate surface area is 353 Å². The Hall–Kier alpha value is -1.85. The molecule has 8 heteroatoms. The Balaban J connectivity index is 0.000000676. The lowest BCUT2D eigenvalue weighted by Gasteiger charge is -2.27. The number of halogens is 1. The number of hydrogen-bond donors (Lipinski definition) is 0. The van der Waals surface area contributed by atoms with Crippen LogP contribution >= 0.6 is 0 Å². The van der Waals surface area contributed by atoms with Crippen molar-refractivity contribution in [3.05, 3.63) is 12.4 Å².